The zero-order valence-electron chi connectivity index (χ0n) is 8.00. The second-order valence-corrected chi connectivity index (χ2v) is 4.39. The smallest absolute Gasteiger partial charge is 0.219 e. The van der Waals surface area contributed by atoms with Gasteiger partial charge in [0.05, 0.1) is 6.61 Å². The minimum absolute atomic E-state index is 0.677. The molecule has 0 spiro atoms. The molecule has 0 N–H and O–H groups in total. The molecule has 0 aromatic heterocycles. The van der Waals surface area contributed by atoms with Crippen molar-refractivity contribution < 1.29 is 4.74 Å². The summed E-state index contributed by atoms with van der Waals surface area (Å²) in [5, 5.41) is 0. The third-order valence-electron chi connectivity index (χ3n) is 1.23. The van der Waals surface area contributed by atoms with Gasteiger partial charge in [-0.2, -0.15) is 0 Å². The van der Waals surface area contributed by atoms with Crippen LogP contribution in [0.5, 0.6) is 0 Å². The van der Waals surface area contributed by atoms with Gasteiger partial charge in [0.15, 0.2) is 0 Å². The highest BCUT2D eigenvalue weighted by molar-refractivity contribution is 8.22. The van der Waals surface area contributed by atoms with Gasteiger partial charge in [-0.15, -0.1) is 0 Å². The van der Waals surface area contributed by atoms with Crippen molar-refractivity contribution in [3.63, 3.8) is 0 Å². The zero-order chi connectivity index (χ0) is 9.40. The summed E-state index contributed by atoms with van der Waals surface area (Å²) in [7, 11) is 4.15. The van der Waals surface area contributed by atoms with Crippen LogP contribution < -0.4 is 0 Å². The maximum atomic E-state index is 5.13. The van der Waals surface area contributed by atoms with Gasteiger partial charge < -0.3 is 9.64 Å². The van der Waals surface area contributed by atoms with Crippen LogP contribution in [0, 0.1) is 0 Å². The first-order chi connectivity index (χ1) is 5.66. The Morgan fingerprint density at radius 3 is 2.67 bits per heavy atom. The quantitative estimate of drug-likeness (QED) is 0.505. The molecular weight excluding hydrogens is 190 g/mol. The number of thioether (sulfide) groups is 1. The molecule has 0 aliphatic carbocycles. The van der Waals surface area contributed by atoms with Gasteiger partial charge in [0.25, 0.3) is 0 Å². The first-order valence-electron chi connectivity index (χ1n) is 4.11. The average Bonchev–Trinajstić information content (AvgIpc) is 1.98. The fraction of sp³-hybridized carbons (Fsp3) is 0.875. The Labute approximate surface area is 84.6 Å². The van der Waals surface area contributed by atoms with Crippen LogP contribution >= 0.6 is 24.0 Å². The van der Waals surface area contributed by atoms with E-state index in [9.17, 15) is 0 Å². The SMILES string of the molecule is CCOC(=S)SCCCN(C)C. The molecule has 0 fully saturated rings. The van der Waals surface area contributed by atoms with Crippen molar-refractivity contribution in [1.82, 2.24) is 4.90 Å². The van der Waals surface area contributed by atoms with Gasteiger partial charge in [-0.25, -0.2) is 0 Å². The second-order valence-electron chi connectivity index (χ2n) is 2.69. The van der Waals surface area contributed by atoms with E-state index in [0.717, 1.165) is 18.7 Å². The summed E-state index contributed by atoms with van der Waals surface area (Å²) in [6.45, 7) is 3.74. The molecule has 0 unspecified atom stereocenters. The maximum absolute atomic E-state index is 5.13. The molecule has 0 saturated carbocycles. The number of nitrogens with zero attached hydrogens (tertiary/aromatic N) is 1. The highest BCUT2D eigenvalue weighted by atomic mass is 32.2. The van der Waals surface area contributed by atoms with Gasteiger partial charge >= 0.3 is 0 Å². The van der Waals surface area contributed by atoms with Gasteiger partial charge in [-0.1, -0.05) is 11.8 Å². The van der Waals surface area contributed by atoms with E-state index < -0.39 is 0 Å². The van der Waals surface area contributed by atoms with E-state index in [-0.39, 0.29) is 0 Å². The number of thiocarbonyl (C=S) groups is 1. The summed E-state index contributed by atoms with van der Waals surface area (Å²) in [4.78, 5) is 2.17. The Kier molecular flexibility index (Phi) is 7.96. The molecule has 0 aliphatic rings. The van der Waals surface area contributed by atoms with Crippen molar-refractivity contribution in [1.29, 1.82) is 0 Å². The summed E-state index contributed by atoms with van der Waals surface area (Å²) in [5.74, 6) is 1.05. The Bertz CT molecular complexity index is 128. The lowest BCUT2D eigenvalue weighted by molar-refractivity contribution is 0.346. The third kappa shape index (κ3) is 8.30. The van der Waals surface area contributed by atoms with Gasteiger partial charge in [-0.3, -0.25) is 0 Å². The van der Waals surface area contributed by atoms with Crippen molar-refractivity contribution in [2.24, 2.45) is 0 Å². The second kappa shape index (κ2) is 7.83. The van der Waals surface area contributed by atoms with Gasteiger partial charge in [0, 0.05) is 5.75 Å². The van der Waals surface area contributed by atoms with E-state index in [1.54, 1.807) is 11.8 Å². The lowest BCUT2D eigenvalue weighted by Gasteiger charge is -2.08. The minimum Gasteiger partial charge on any atom is -0.479 e. The third-order valence-corrected chi connectivity index (χ3v) is 2.55. The molecule has 2 nitrogen and oxygen atoms in total. The highest BCUT2D eigenvalue weighted by Gasteiger charge is 1.97. The molecule has 0 aliphatic heterocycles. The lowest BCUT2D eigenvalue weighted by atomic mass is 10.5. The van der Waals surface area contributed by atoms with Crippen LogP contribution in [-0.2, 0) is 4.74 Å². The van der Waals surface area contributed by atoms with E-state index in [1.807, 2.05) is 6.92 Å². The maximum Gasteiger partial charge on any atom is 0.219 e. The van der Waals surface area contributed by atoms with Crippen molar-refractivity contribution in [3.05, 3.63) is 0 Å². The molecule has 0 atom stereocenters. The van der Waals surface area contributed by atoms with Gasteiger partial charge in [-0.05, 0) is 46.2 Å². The monoisotopic (exact) mass is 207 g/mol. The van der Waals surface area contributed by atoms with Crippen molar-refractivity contribution in [2.45, 2.75) is 13.3 Å². The van der Waals surface area contributed by atoms with Gasteiger partial charge in [0.2, 0.25) is 4.38 Å². The lowest BCUT2D eigenvalue weighted by Crippen LogP contribution is -2.13. The largest absolute Gasteiger partial charge is 0.479 e. The number of ether oxygens (including phenoxy) is 1. The molecule has 12 heavy (non-hydrogen) atoms. The molecule has 0 heterocycles. The Hall–Kier alpha value is 0.200. The van der Waals surface area contributed by atoms with Crippen LogP contribution in [0.25, 0.3) is 0 Å². The summed E-state index contributed by atoms with van der Waals surface area (Å²) in [6, 6.07) is 0. The molecule has 0 aromatic carbocycles. The minimum atomic E-state index is 0.677. The number of rotatable bonds is 5. The Morgan fingerprint density at radius 1 is 1.50 bits per heavy atom. The fourth-order valence-electron chi connectivity index (χ4n) is 0.696. The standard InChI is InChI=1S/C8H17NOS2/c1-4-10-8(11)12-7-5-6-9(2)3/h4-7H2,1-3H3. The normalized spacial score (nSPS) is 10.3. The highest BCUT2D eigenvalue weighted by Crippen LogP contribution is 2.07. The van der Waals surface area contributed by atoms with E-state index in [4.69, 9.17) is 17.0 Å². The van der Waals surface area contributed by atoms with Crippen LogP contribution in [0.3, 0.4) is 0 Å². The summed E-state index contributed by atoms with van der Waals surface area (Å²) in [6.07, 6.45) is 1.16. The predicted molar refractivity (Wildman–Crippen MR) is 59.9 cm³/mol. The average molecular weight is 207 g/mol. The molecule has 0 amide bonds. The van der Waals surface area contributed by atoms with Gasteiger partial charge in [0.1, 0.15) is 0 Å². The predicted octanol–water partition coefficient (Wildman–Crippen LogP) is 1.99. The molecule has 72 valence electrons. The topological polar surface area (TPSA) is 12.5 Å². The van der Waals surface area contributed by atoms with Crippen LogP contribution in [0.1, 0.15) is 13.3 Å². The molecule has 0 bridgehead atoms. The first-order valence-corrected chi connectivity index (χ1v) is 5.50. The van der Waals surface area contributed by atoms with Crippen molar-refractivity contribution in [3.8, 4) is 0 Å². The molecular formula is C8H17NOS2. The van der Waals surface area contributed by atoms with E-state index >= 15 is 0 Å². The summed E-state index contributed by atoms with van der Waals surface area (Å²) < 4.78 is 5.81. The molecule has 0 radical (unpaired) electrons. The summed E-state index contributed by atoms with van der Waals surface area (Å²) >= 11 is 6.58. The van der Waals surface area contributed by atoms with Crippen LogP contribution in [0.15, 0.2) is 0 Å². The van der Waals surface area contributed by atoms with Crippen molar-refractivity contribution in [2.75, 3.05) is 33.0 Å². The molecule has 4 heteroatoms. The fourth-order valence-corrected chi connectivity index (χ4v) is 1.70. The summed E-state index contributed by atoms with van der Waals surface area (Å²) in [5.41, 5.74) is 0. The molecule has 0 saturated heterocycles. The first kappa shape index (κ1) is 12.2. The van der Waals surface area contributed by atoms with Crippen LogP contribution in [0.2, 0.25) is 0 Å². The van der Waals surface area contributed by atoms with E-state index in [2.05, 4.69) is 19.0 Å². The zero-order valence-corrected chi connectivity index (χ0v) is 9.63. The number of hydrogen-bond donors (Lipinski definition) is 0. The van der Waals surface area contributed by atoms with Crippen LogP contribution in [-0.4, -0.2) is 42.3 Å². The van der Waals surface area contributed by atoms with Crippen molar-refractivity contribution >= 4 is 28.4 Å². The molecule has 0 rings (SSSR count). The van der Waals surface area contributed by atoms with Crippen LogP contribution in [0.4, 0.5) is 0 Å². The Morgan fingerprint density at radius 2 is 2.17 bits per heavy atom. The number of hydrogen-bond acceptors (Lipinski definition) is 4. The van der Waals surface area contributed by atoms with E-state index in [1.165, 1.54) is 0 Å². The Balaban J connectivity index is 3.14. The van der Waals surface area contributed by atoms with E-state index in [0.29, 0.717) is 11.0 Å². The molecule has 0 aromatic rings.